The highest BCUT2D eigenvalue weighted by Gasteiger charge is 2.52. The summed E-state index contributed by atoms with van der Waals surface area (Å²) in [6.45, 7) is -11.4. The van der Waals surface area contributed by atoms with Gasteiger partial charge in [-0.2, -0.15) is 0 Å². The fourth-order valence-electron chi connectivity index (χ4n) is 1.83. The Morgan fingerprint density at radius 2 is 1.82 bits per heavy atom. The topological polar surface area (TPSA) is 37.8 Å². The van der Waals surface area contributed by atoms with Gasteiger partial charge in [-0.25, -0.2) is 0 Å². The molecule has 22 heavy (non-hydrogen) atoms. The van der Waals surface area contributed by atoms with Crippen molar-refractivity contribution in [2.75, 3.05) is 37.9 Å². The van der Waals surface area contributed by atoms with Crippen molar-refractivity contribution in [1.29, 1.82) is 0 Å². The number of piperazine rings is 1. The molecule has 1 aromatic heterocycles. The van der Waals surface area contributed by atoms with Crippen LogP contribution in [0.2, 0.25) is 0 Å². The van der Waals surface area contributed by atoms with E-state index in [-0.39, 0.29) is 10.5 Å². The Hall–Kier alpha value is -1.11. The molecule has 3 heterocycles. The van der Waals surface area contributed by atoms with Crippen LogP contribution in [0.25, 0.3) is 0 Å². The lowest BCUT2D eigenvalue weighted by molar-refractivity contribution is 0.00578. The fourth-order valence-corrected chi connectivity index (χ4v) is 1.83. The molecule has 0 spiro atoms. The summed E-state index contributed by atoms with van der Waals surface area (Å²) < 4.78 is 126. The van der Waals surface area contributed by atoms with E-state index in [1.165, 1.54) is 0 Å². The van der Waals surface area contributed by atoms with Crippen molar-refractivity contribution >= 4 is 18.4 Å². The minimum atomic E-state index is -3.70. The quantitative estimate of drug-likeness (QED) is 0.765. The van der Waals surface area contributed by atoms with Crippen molar-refractivity contribution in [3.05, 3.63) is 18.3 Å². The number of anilines is 1. The molecule has 2 fully saturated rings. The summed E-state index contributed by atoms with van der Waals surface area (Å²) in [6.07, 6.45) is -0.984. The van der Waals surface area contributed by atoms with Crippen molar-refractivity contribution in [1.82, 2.24) is 9.88 Å². The molecule has 0 saturated carbocycles. The van der Waals surface area contributed by atoms with E-state index in [1.807, 2.05) is 0 Å². The number of rotatable bonds is 2. The number of hydrogen-bond acceptors (Lipinski definition) is 5. The van der Waals surface area contributed by atoms with Crippen LogP contribution in [-0.2, 0) is 9.31 Å². The van der Waals surface area contributed by atoms with Crippen LogP contribution < -0.4 is 10.5 Å². The molecule has 0 radical (unpaired) electrons. The molecule has 5 nitrogen and oxygen atoms in total. The molecule has 2 aliphatic rings. The van der Waals surface area contributed by atoms with Gasteiger partial charge in [0.15, 0.2) is 0 Å². The lowest BCUT2D eigenvalue weighted by Gasteiger charge is -2.33. The van der Waals surface area contributed by atoms with Gasteiger partial charge in [-0.3, -0.25) is 4.98 Å². The summed E-state index contributed by atoms with van der Waals surface area (Å²) in [5.41, 5.74) is -3.11. The first-order chi connectivity index (χ1) is 15.8. The Morgan fingerprint density at radius 1 is 1.18 bits per heavy atom. The molecular formula is C16H26BN3O2. The Balaban J connectivity index is 2.26. The van der Waals surface area contributed by atoms with E-state index in [1.54, 1.807) is 27.7 Å². The van der Waals surface area contributed by atoms with Crippen LogP contribution in [0.4, 0.5) is 5.69 Å². The van der Waals surface area contributed by atoms with E-state index in [4.69, 9.17) is 28.5 Å². The third-order valence-corrected chi connectivity index (χ3v) is 3.84. The smallest absolute Gasteiger partial charge is 0.398 e. The maximum absolute atomic E-state index is 8.46. The van der Waals surface area contributed by atoms with Crippen LogP contribution in [0.3, 0.4) is 0 Å². The van der Waals surface area contributed by atoms with Gasteiger partial charge in [0.05, 0.1) is 32.1 Å². The second-order valence-corrected chi connectivity index (χ2v) is 5.91. The minimum absolute atomic E-state index is 0.147. The Bertz CT molecular complexity index is 1030. The molecule has 0 aliphatic carbocycles. The van der Waals surface area contributed by atoms with E-state index in [2.05, 4.69) is 4.98 Å². The summed E-state index contributed by atoms with van der Waals surface area (Å²) in [4.78, 5) is 3.22. The SMILES string of the molecule is [2H]c1nc(B2OC(C)(C)C(C)(C)O2)c([2H])c([2H])c1N1C([2H])([2H])C([2H])([2H])N(C([2H])([2H])[2H])C([2H])([2H])C1([2H])[2H]. The van der Waals surface area contributed by atoms with Crippen molar-refractivity contribution < 1.29 is 28.5 Å². The summed E-state index contributed by atoms with van der Waals surface area (Å²) in [6, 6.07) is -1.72. The Kier molecular flexibility index (Phi) is 1.52. The predicted octanol–water partition coefficient (Wildman–Crippen LogP) is 1.13. The van der Waals surface area contributed by atoms with Gasteiger partial charge in [0.25, 0.3) is 0 Å². The standard InChI is InChI=1S/C16H26BN3O2/c1-15(2)16(3,4)22-17(21-15)14-7-6-13(12-18-14)20-10-8-19(5)9-11-20/h6-7,12H,8-11H2,1-5H3/i5D3,6D,7D,8D2,9D2,10D2,11D2,12D. The molecule has 0 aromatic carbocycles. The van der Waals surface area contributed by atoms with Gasteiger partial charge < -0.3 is 19.1 Å². The molecule has 0 amide bonds. The number of pyridine rings is 1. The van der Waals surface area contributed by atoms with Gasteiger partial charge in [0.2, 0.25) is 0 Å². The summed E-state index contributed by atoms with van der Waals surface area (Å²) >= 11 is 0. The van der Waals surface area contributed by atoms with Crippen molar-refractivity contribution in [2.24, 2.45) is 0 Å². The van der Waals surface area contributed by atoms with E-state index in [0.29, 0.717) is 0 Å². The summed E-state index contributed by atoms with van der Waals surface area (Å²) in [5.74, 6) is 0. The molecule has 0 atom stereocenters. The van der Waals surface area contributed by atoms with Crippen LogP contribution in [0.5, 0.6) is 0 Å². The maximum Gasteiger partial charge on any atom is 0.514 e. The van der Waals surface area contributed by atoms with Crippen LogP contribution in [0.1, 0.15) is 46.9 Å². The second-order valence-electron chi connectivity index (χ2n) is 5.91. The largest absolute Gasteiger partial charge is 0.514 e. The molecule has 0 N–H and O–H groups in total. The summed E-state index contributed by atoms with van der Waals surface area (Å²) in [7, 11) is -1.30. The highest BCUT2D eigenvalue weighted by molar-refractivity contribution is 6.61. The lowest BCUT2D eigenvalue weighted by Crippen LogP contribution is -2.44. The van der Waals surface area contributed by atoms with E-state index >= 15 is 0 Å². The molecule has 2 saturated heterocycles. The molecule has 2 aliphatic heterocycles. The zero-order valence-electron chi connectivity index (χ0n) is 26.7. The maximum atomic E-state index is 8.46. The van der Waals surface area contributed by atoms with Gasteiger partial charge in [0.1, 0.15) is 0 Å². The van der Waals surface area contributed by atoms with Gasteiger partial charge in [0, 0.05) is 41.8 Å². The Labute approximate surface area is 153 Å². The van der Waals surface area contributed by atoms with Gasteiger partial charge in [-0.05, 0) is 46.8 Å². The third kappa shape index (κ3) is 2.87. The van der Waals surface area contributed by atoms with Crippen molar-refractivity contribution in [3.63, 3.8) is 0 Å². The van der Waals surface area contributed by atoms with Gasteiger partial charge >= 0.3 is 7.12 Å². The number of aromatic nitrogens is 1. The number of hydrogen-bond donors (Lipinski definition) is 0. The van der Waals surface area contributed by atoms with Gasteiger partial charge in [-0.15, -0.1) is 0 Å². The molecule has 3 rings (SSSR count). The monoisotopic (exact) mass is 317 g/mol. The molecule has 6 heteroatoms. The Morgan fingerprint density at radius 3 is 2.41 bits per heavy atom. The van der Waals surface area contributed by atoms with Crippen molar-refractivity contribution in [3.8, 4) is 0 Å². The van der Waals surface area contributed by atoms with Crippen LogP contribution in [0, 0.1) is 0 Å². The fraction of sp³-hybridized carbons (Fsp3) is 0.688. The van der Waals surface area contributed by atoms with Gasteiger partial charge in [-0.1, -0.05) is 0 Å². The number of nitrogens with zero attached hydrogens (tertiary/aromatic N) is 3. The summed E-state index contributed by atoms with van der Waals surface area (Å²) in [5, 5.41) is 0. The first-order valence-corrected chi connectivity index (χ1v) is 6.71. The second kappa shape index (κ2) is 5.51. The first kappa shape index (κ1) is 6.08. The molecule has 120 valence electrons. The van der Waals surface area contributed by atoms with E-state index < -0.39 is 80.1 Å². The molecule has 1 aromatic rings. The third-order valence-electron chi connectivity index (χ3n) is 3.84. The average Bonchev–Trinajstić information content (AvgIpc) is 2.85. The highest BCUT2D eigenvalue weighted by Crippen LogP contribution is 2.36. The minimum Gasteiger partial charge on any atom is -0.398 e. The normalized spacial score (nSPS) is 43.8. The zero-order valence-corrected chi connectivity index (χ0v) is 12.7. The zero-order chi connectivity index (χ0) is 28.2. The molecular weight excluding hydrogens is 277 g/mol. The molecule has 0 bridgehead atoms. The highest BCUT2D eigenvalue weighted by atomic mass is 16.7. The van der Waals surface area contributed by atoms with E-state index in [9.17, 15) is 0 Å². The number of likely N-dealkylation sites (N-methyl/N-ethyl adjacent to an activating group) is 1. The van der Waals surface area contributed by atoms with Crippen LogP contribution in [0.15, 0.2) is 18.3 Å². The lowest BCUT2D eigenvalue weighted by atomic mass is 9.84. The predicted molar refractivity (Wildman–Crippen MR) is 89.7 cm³/mol. The van der Waals surface area contributed by atoms with Crippen LogP contribution in [-0.4, -0.2) is 61.2 Å². The van der Waals surface area contributed by atoms with Crippen molar-refractivity contribution in [2.45, 2.75) is 38.9 Å². The van der Waals surface area contributed by atoms with E-state index in [0.717, 1.165) is 0 Å². The first-order valence-electron chi connectivity index (χ1n) is 13.7. The molecule has 0 unspecified atom stereocenters. The van der Waals surface area contributed by atoms with Crippen LogP contribution >= 0.6 is 0 Å². The average molecular weight is 317 g/mol.